The lowest BCUT2D eigenvalue weighted by molar-refractivity contribution is 0.0764. The molecule has 2 atom stereocenters. The van der Waals surface area contributed by atoms with E-state index < -0.39 is 0 Å². The fourth-order valence-corrected chi connectivity index (χ4v) is 2.18. The van der Waals surface area contributed by atoms with Crippen LogP contribution in [0.2, 0.25) is 0 Å². The Labute approximate surface area is 85.9 Å². The molecule has 0 radical (unpaired) electrons. The molecule has 0 aromatic rings. The molecule has 1 fully saturated rings. The fourth-order valence-electron chi connectivity index (χ4n) is 2.08. The highest BCUT2D eigenvalue weighted by molar-refractivity contribution is 6.18. The van der Waals surface area contributed by atoms with Crippen LogP contribution in [-0.4, -0.2) is 41.1 Å². The number of halogens is 1. The van der Waals surface area contributed by atoms with Gasteiger partial charge in [-0.15, -0.1) is 11.6 Å². The molecule has 2 nitrogen and oxygen atoms in total. The second-order valence-corrected chi connectivity index (χ2v) is 4.17. The molecule has 1 rings (SSSR count). The molecule has 0 aromatic heterocycles. The maximum atomic E-state index is 9.45. The van der Waals surface area contributed by atoms with Crippen molar-refractivity contribution in [2.75, 3.05) is 19.0 Å². The summed E-state index contributed by atoms with van der Waals surface area (Å²) in [5.74, 6) is 0.354. The van der Waals surface area contributed by atoms with Gasteiger partial charge in [0.2, 0.25) is 0 Å². The standard InChI is InChI=1S/C10H20ClNO/c1-2-9-5-3-4-6-12(9)8-10(13)7-11/h9-10,13H,2-8H2,1H3. The van der Waals surface area contributed by atoms with E-state index in [4.69, 9.17) is 11.6 Å². The molecule has 1 aliphatic rings. The maximum Gasteiger partial charge on any atom is 0.0802 e. The molecule has 78 valence electrons. The van der Waals surface area contributed by atoms with E-state index in [-0.39, 0.29) is 6.10 Å². The quantitative estimate of drug-likeness (QED) is 0.709. The number of hydrogen-bond acceptors (Lipinski definition) is 2. The summed E-state index contributed by atoms with van der Waals surface area (Å²) in [6.07, 6.45) is 4.73. The molecule has 1 saturated heterocycles. The Bertz CT molecular complexity index is 143. The average Bonchev–Trinajstić information content (AvgIpc) is 2.18. The number of alkyl halides is 1. The molecule has 1 N–H and O–H groups in total. The number of piperidine rings is 1. The van der Waals surface area contributed by atoms with Crippen LogP contribution in [0.25, 0.3) is 0 Å². The predicted molar refractivity (Wildman–Crippen MR) is 56.2 cm³/mol. The van der Waals surface area contributed by atoms with Gasteiger partial charge in [-0.3, -0.25) is 4.90 Å². The topological polar surface area (TPSA) is 23.5 Å². The van der Waals surface area contributed by atoms with Crippen LogP contribution in [0.4, 0.5) is 0 Å². The van der Waals surface area contributed by atoms with E-state index >= 15 is 0 Å². The summed E-state index contributed by atoms with van der Waals surface area (Å²) in [5, 5.41) is 9.45. The second-order valence-electron chi connectivity index (χ2n) is 3.86. The largest absolute Gasteiger partial charge is 0.391 e. The molecule has 3 heteroatoms. The van der Waals surface area contributed by atoms with Crippen molar-refractivity contribution in [2.24, 2.45) is 0 Å². The van der Waals surface area contributed by atoms with Crippen molar-refractivity contribution in [1.82, 2.24) is 4.90 Å². The van der Waals surface area contributed by atoms with E-state index in [1.165, 1.54) is 25.7 Å². The van der Waals surface area contributed by atoms with Gasteiger partial charge in [-0.25, -0.2) is 0 Å². The molecular weight excluding hydrogens is 186 g/mol. The Morgan fingerprint density at radius 3 is 2.92 bits per heavy atom. The van der Waals surface area contributed by atoms with Gasteiger partial charge in [0, 0.05) is 18.5 Å². The van der Waals surface area contributed by atoms with Crippen molar-refractivity contribution >= 4 is 11.6 Å². The van der Waals surface area contributed by atoms with Crippen LogP contribution in [0.1, 0.15) is 32.6 Å². The van der Waals surface area contributed by atoms with Crippen LogP contribution in [0, 0.1) is 0 Å². The summed E-state index contributed by atoms with van der Waals surface area (Å²) < 4.78 is 0. The first-order chi connectivity index (χ1) is 6.27. The minimum absolute atomic E-state index is 0.353. The minimum atomic E-state index is -0.353. The van der Waals surface area contributed by atoms with Crippen LogP contribution in [-0.2, 0) is 0 Å². The molecule has 2 unspecified atom stereocenters. The average molecular weight is 206 g/mol. The molecule has 1 heterocycles. The van der Waals surface area contributed by atoms with E-state index in [1.807, 2.05) is 0 Å². The number of β-amino-alcohol motifs (C(OH)–C–C–N with tert-alkyl or cyclic N) is 1. The summed E-state index contributed by atoms with van der Waals surface area (Å²) >= 11 is 5.59. The Hall–Kier alpha value is 0.210. The smallest absolute Gasteiger partial charge is 0.0802 e. The normalized spacial score (nSPS) is 27.5. The third-order valence-electron chi connectivity index (χ3n) is 2.84. The molecule has 0 aromatic carbocycles. The van der Waals surface area contributed by atoms with Crippen LogP contribution < -0.4 is 0 Å². The first kappa shape index (κ1) is 11.3. The lowest BCUT2D eigenvalue weighted by Gasteiger charge is -2.36. The third-order valence-corrected chi connectivity index (χ3v) is 3.20. The van der Waals surface area contributed by atoms with E-state index in [9.17, 15) is 5.11 Å². The molecule has 0 spiro atoms. The first-order valence-electron chi connectivity index (χ1n) is 5.26. The molecule has 0 aliphatic carbocycles. The Morgan fingerprint density at radius 2 is 2.31 bits per heavy atom. The van der Waals surface area contributed by atoms with Crippen LogP contribution in [0.15, 0.2) is 0 Å². The van der Waals surface area contributed by atoms with Gasteiger partial charge < -0.3 is 5.11 Å². The van der Waals surface area contributed by atoms with Crippen molar-refractivity contribution in [3.05, 3.63) is 0 Å². The number of aliphatic hydroxyl groups is 1. The zero-order valence-corrected chi connectivity index (χ0v) is 9.13. The minimum Gasteiger partial charge on any atom is -0.391 e. The number of aliphatic hydroxyl groups excluding tert-OH is 1. The van der Waals surface area contributed by atoms with E-state index in [1.54, 1.807) is 0 Å². The summed E-state index contributed by atoms with van der Waals surface area (Å²) in [6, 6.07) is 0.673. The highest BCUT2D eigenvalue weighted by Crippen LogP contribution is 2.19. The highest BCUT2D eigenvalue weighted by Gasteiger charge is 2.22. The Balaban J connectivity index is 2.35. The number of hydrogen-bond donors (Lipinski definition) is 1. The molecule has 0 saturated carbocycles. The van der Waals surface area contributed by atoms with Gasteiger partial charge in [0.05, 0.1) is 6.10 Å². The zero-order valence-electron chi connectivity index (χ0n) is 8.38. The first-order valence-corrected chi connectivity index (χ1v) is 5.79. The highest BCUT2D eigenvalue weighted by atomic mass is 35.5. The maximum absolute atomic E-state index is 9.45. The Kier molecular flexibility index (Phi) is 5.07. The van der Waals surface area contributed by atoms with Crippen molar-refractivity contribution < 1.29 is 5.11 Å². The number of nitrogens with zero attached hydrogens (tertiary/aromatic N) is 1. The summed E-state index contributed by atoms with van der Waals surface area (Å²) in [5.41, 5.74) is 0. The van der Waals surface area contributed by atoms with Crippen LogP contribution >= 0.6 is 11.6 Å². The van der Waals surface area contributed by atoms with Crippen LogP contribution in [0.5, 0.6) is 0 Å². The lowest BCUT2D eigenvalue weighted by atomic mass is 10.00. The summed E-state index contributed by atoms with van der Waals surface area (Å²) in [4.78, 5) is 2.39. The van der Waals surface area contributed by atoms with Gasteiger partial charge in [-0.2, -0.15) is 0 Å². The van der Waals surface area contributed by atoms with Crippen LogP contribution in [0.3, 0.4) is 0 Å². The van der Waals surface area contributed by atoms with Gasteiger partial charge in [0.1, 0.15) is 0 Å². The molecule has 0 amide bonds. The molecule has 13 heavy (non-hydrogen) atoms. The summed E-state index contributed by atoms with van der Waals surface area (Å²) in [6.45, 7) is 4.10. The second kappa shape index (κ2) is 5.84. The van der Waals surface area contributed by atoms with Gasteiger partial charge in [-0.1, -0.05) is 13.3 Å². The number of rotatable bonds is 4. The summed E-state index contributed by atoms with van der Waals surface area (Å²) in [7, 11) is 0. The van der Waals surface area contributed by atoms with E-state index in [2.05, 4.69) is 11.8 Å². The predicted octanol–water partition coefficient (Wildman–Crippen LogP) is 1.85. The van der Waals surface area contributed by atoms with E-state index in [0.717, 1.165) is 13.1 Å². The van der Waals surface area contributed by atoms with Gasteiger partial charge in [0.25, 0.3) is 0 Å². The molecule has 1 aliphatic heterocycles. The fraction of sp³-hybridized carbons (Fsp3) is 1.00. The van der Waals surface area contributed by atoms with Gasteiger partial charge >= 0.3 is 0 Å². The number of likely N-dealkylation sites (tertiary alicyclic amines) is 1. The monoisotopic (exact) mass is 205 g/mol. The van der Waals surface area contributed by atoms with Crippen molar-refractivity contribution in [3.63, 3.8) is 0 Å². The molecule has 0 bridgehead atoms. The Morgan fingerprint density at radius 1 is 1.54 bits per heavy atom. The SMILES string of the molecule is CCC1CCCCN1CC(O)CCl. The lowest BCUT2D eigenvalue weighted by Crippen LogP contribution is -2.43. The third kappa shape index (κ3) is 3.45. The zero-order chi connectivity index (χ0) is 9.68. The van der Waals surface area contributed by atoms with Gasteiger partial charge in [-0.05, 0) is 25.8 Å². The van der Waals surface area contributed by atoms with E-state index in [0.29, 0.717) is 11.9 Å². The molecular formula is C10H20ClNO. The van der Waals surface area contributed by atoms with Crippen molar-refractivity contribution in [3.8, 4) is 0 Å². The van der Waals surface area contributed by atoms with Gasteiger partial charge in [0.15, 0.2) is 0 Å². The van der Waals surface area contributed by atoms with Crippen molar-refractivity contribution in [2.45, 2.75) is 44.8 Å². The van der Waals surface area contributed by atoms with Crippen molar-refractivity contribution in [1.29, 1.82) is 0 Å².